The average Bonchev–Trinajstić information content (AvgIpc) is 3.04. The van der Waals surface area contributed by atoms with Crippen molar-refractivity contribution in [1.29, 1.82) is 0 Å². The molecule has 0 amide bonds. The van der Waals surface area contributed by atoms with Gasteiger partial charge in [0.1, 0.15) is 10.1 Å². The monoisotopic (exact) mass is 368 g/mol. The molecule has 2 aromatic carbocycles. The van der Waals surface area contributed by atoms with Gasteiger partial charge in [-0.15, -0.1) is 0 Å². The molecule has 0 radical (unpaired) electrons. The van der Waals surface area contributed by atoms with Crippen molar-refractivity contribution in [2.75, 3.05) is 5.32 Å². The zero-order chi connectivity index (χ0) is 17.9. The van der Waals surface area contributed by atoms with Gasteiger partial charge < -0.3 is 9.87 Å². The van der Waals surface area contributed by atoms with Crippen LogP contribution in [0.4, 0.5) is 5.69 Å². The van der Waals surface area contributed by atoms with Gasteiger partial charge in [-0.3, -0.25) is 9.59 Å². The molecule has 0 spiro atoms. The number of Topliss-reactive ketones (excluding diaryl/α,β-unsaturated/α-hetero) is 2. The fourth-order valence-corrected chi connectivity index (χ4v) is 3.70. The Kier molecular flexibility index (Phi) is 5.99. The SMILES string of the molecule is Cc1ccc2c(c1)C(=O)/C(=C1\Cc3ccc(S(=O)(=O)[O-])cc3C1=O)N2.[Li+].[Li+]. The topological polar surface area (TPSA) is 103 Å². The number of fused-ring (bicyclic) bond motifs is 2. The Bertz CT molecular complexity index is 1120. The Morgan fingerprint density at radius 1 is 0.963 bits per heavy atom. The second kappa shape index (κ2) is 7.45. The quantitative estimate of drug-likeness (QED) is 0.315. The normalized spacial score (nSPS) is 17.6. The van der Waals surface area contributed by atoms with E-state index in [4.69, 9.17) is 0 Å². The number of benzene rings is 2. The summed E-state index contributed by atoms with van der Waals surface area (Å²) >= 11 is 0. The van der Waals surface area contributed by atoms with Gasteiger partial charge in [0.2, 0.25) is 5.78 Å². The summed E-state index contributed by atoms with van der Waals surface area (Å²) in [7, 11) is -4.64. The van der Waals surface area contributed by atoms with Gasteiger partial charge in [0.25, 0.3) is 0 Å². The Morgan fingerprint density at radius 3 is 2.33 bits per heavy atom. The van der Waals surface area contributed by atoms with Crippen LogP contribution in [0.5, 0.6) is 0 Å². The Labute approximate surface area is 180 Å². The Balaban J connectivity index is 0.00000131. The van der Waals surface area contributed by atoms with Crippen LogP contribution in [-0.2, 0) is 16.5 Å². The summed E-state index contributed by atoms with van der Waals surface area (Å²) in [6.45, 7) is 1.88. The summed E-state index contributed by atoms with van der Waals surface area (Å²) in [4.78, 5) is 24.9. The summed E-state index contributed by atoms with van der Waals surface area (Å²) < 4.78 is 33.5. The number of carbonyl (C=O) groups excluding carboxylic acids is 2. The zero-order valence-corrected chi connectivity index (χ0v) is 15.9. The molecule has 2 aliphatic rings. The van der Waals surface area contributed by atoms with Crippen LogP contribution in [-0.4, -0.2) is 24.5 Å². The van der Waals surface area contributed by atoms with E-state index in [0.717, 1.165) is 11.6 Å². The minimum absolute atomic E-state index is 0. The van der Waals surface area contributed by atoms with E-state index < -0.39 is 20.8 Å². The molecule has 9 heteroatoms. The second-order valence-electron chi connectivity index (χ2n) is 6.14. The first-order chi connectivity index (χ1) is 11.8. The third-order valence-electron chi connectivity index (χ3n) is 4.46. The molecule has 4 rings (SSSR count). The van der Waals surface area contributed by atoms with Crippen molar-refractivity contribution in [2.45, 2.75) is 18.2 Å². The molecular weight excluding hydrogens is 356 g/mol. The summed E-state index contributed by atoms with van der Waals surface area (Å²) in [5.41, 5.74) is 3.34. The van der Waals surface area contributed by atoms with Crippen molar-refractivity contribution in [3.8, 4) is 0 Å². The van der Waals surface area contributed by atoms with Crippen LogP contribution in [0.3, 0.4) is 0 Å². The molecule has 1 aliphatic carbocycles. The van der Waals surface area contributed by atoms with Crippen LogP contribution in [0.25, 0.3) is 0 Å². The molecule has 2 aromatic rings. The van der Waals surface area contributed by atoms with E-state index >= 15 is 0 Å². The van der Waals surface area contributed by atoms with Gasteiger partial charge in [-0.2, -0.15) is 0 Å². The molecule has 0 unspecified atom stereocenters. The van der Waals surface area contributed by atoms with E-state index in [1.165, 1.54) is 12.1 Å². The number of rotatable bonds is 1. The van der Waals surface area contributed by atoms with E-state index in [1.54, 1.807) is 12.1 Å². The van der Waals surface area contributed by atoms with Gasteiger partial charge in [-0.05, 0) is 36.8 Å². The molecule has 0 fully saturated rings. The maximum absolute atomic E-state index is 12.7. The summed E-state index contributed by atoms with van der Waals surface area (Å²) in [6, 6.07) is 9.12. The molecule has 126 valence electrons. The number of ketones is 2. The predicted molar refractivity (Wildman–Crippen MR) is 88.6 cm³/mol. The van der Waals surface area contributed by atoms with Crippen molar-refractivity contribution < 1.29 is 60.3 Å². The van der Waals surface area contributed by atoms with Gasteiger partial charge in [-0.25, -0.2) is 8.42 Å². The van der Waals surface area contributed by atoms with Gasteiger partial charge in [0.05, 0.1) is 10.6 Å². The largest absolute Gasteiger partial charge is 1.00 e. The Morgan fingerprint density at radius 2 is 1.67 bits per heavy atom. The van der Waals surface area contributed by atoms with Crippen LogP contribution in [0.1, 0.15) is 31.8 Å². The average molecular weight is 368 g/mol. The first-order valence-corrected chi connectivity index (χ1v) is 8.95. The van der Waals surface area contributed by atoms with Crippen LogP contribution >= 0.6 is 0 Å². The van der Waals surface area contributed by atoms with Gasteiger partial charge in [0.15, 0.2) is 5.78 Å². The van der Waals surface area contributed by atoms with Crippen molar-refractivity contribution in [3.63, 3.8) is 0 Å². The standard InChI is InChI=1S/C18H13NO5S.2Li/c1-9-2-5-15-13(6-9)18(21)16(19-15)14-7-10-3-4-11(25(22,23)24)8-12(10)17(14)20;;/h2-6,8,19H,7H2,1H3,(H,22,23,24);;/q;2*+1/p-1/b16-14-;;. The minimum Gasteiger partial charge on any atom is -0.744 e. The molecule has 0 bridgehead atoms. The van der Waals surface area contributed by atoms with Gasteiger partial charge >= 0.3 is 37.7 Å². The molecule has 0 aromatic heterocycles. The number of hydrogen-bond acceptors (Lipinski definition) is 6. The zero-order valence-electron chi connectivity index (χ0n) is 15.1. The van der Waals surface area contributed by atoms with Crippen LogP contribution in [0, 0.1) is 6.92 Å². The maximum Gasteiger partial charge on any atom is 1.00 e. The van der Waals surface area contributed by atoms with E-state index in [-0.39, 0.29) is 66.8 Å². The second-order valence-corrected chi connectivity index (χ2v) is 7.52. The number of hydrogen-bond donors (Lipinski definition) is 1. The van der Waals surface area contributed by atoms with Crippen LogP contribution in [0.15, 0.2) is 52.6 Å². The molecule has 1 aliphatic heterocycles. The van der Waals surface area contributed by atoms with Crippen LogP contribution in [0.2, 0.25) is 0 Å². The fourth-order valence-electron chi connectivity index (χ4n) is 3.21. The number of allylic oxidation sites excluding steroid dienone is 2. The van der Waals surface area contributed by atoms with E-state index in [9.17, 15) is 22.6 Å². The number of nitrogens with one attached hydrogen (secondary N) is 1. The number of anilines is 1. The molecule has 0 saturated carbocycles. The van der Waals surface area contributed by atoms with E-state index in [2.05, 4.69) is 5.32 Å². The van der Waals surface area contributed by atoms with Crippen molar-refractivity contribution in [2.24, 2.45) is 0 Å². The summed E-state index contributed by atoms with van der Waals surface area (Å²) in [5.74, 6) is -0.688. The number of aryl methyl sites for hydroxylation is 1. The summed E-state index contributed by atoms with van der Waals surface area (Å²) in [5, 5.41) is 2.99. The maximum atomic E-state index is 12.7. The molecular formula is C18H12Li2NO5S+. The predicted octanol–water partition coefficient (Wildman–Crippen LogP) is -3.79. The van der Waals surface area contributed by atoms with Crippen molar-refractivity contribution >= 4 is 27.4 Å². The van der Waals surface area contributed by atoms with Crippen molar-refractivity contribution in [1.82, 2.24) is 0 Å². The molecule has 27 heavy (non-hydrogen) atoms. The minimum atomic E-state index is -4.64. The van der Waals surface area contributed by atoms with Crippen LogP contribution < -0.4 is 43.0 Å². The Hall–Kier alpha value is -1.58. The fraction of sp³-hybridized carbons (Fsp3) is 0.111. The van der Waals surface area contributed by atoms with E-state index in [1.807, 2.05) is 13.0 Å². The third-order valence-corrected chi connectivity index (χ3v) is 5.30. The van der Waals surface area contributed by atoms with Gasteiger partial charge in [-0.1, -0.05) is 17.7 Å². The molecule has 1 N–H and O–H groups in total. The third kappa shape index (κ3) is 3.60. The molecule has 0 atom stereocenters. The first-order valence-electron chi connectivity index (χ1n) is 7.55. The molecule has 6 nitrogen and oxygen atoms in total. The molecule has 0 saturated heterocycles. The smallest absolute Gasteiger partial charge is 0.744 e. The summed E-state index contributed by atoms with van der Waals surface area (Å²) in [6.07, 6.45) is 0.217. The van der Waals surface area contributed by atoms with Gasteiger partial charge in [0, 0.05) is 28.8 Å². The van der Waals surface area contributed by atoms with E-state index in [0.29, 0.717) is 16.8 Å². The first kappa shape index (κ1) is 21.7. The number of carbonyl (C=O) groups is 2. The molecule has 1 heterocycles. The van der Waals surface area contributed by atoms with Crippen molar-refractivity contribution in [3.05, 3.63) is 69.9 Å².